The van der Waals surface area contributed by atoms with E-state index >= 15 is 0 Å². The molecule has 0 aliphatic carbocycles. The van der Waals surface area contributed by atoms with E-state index in [-0.39, 0.29) is 17.7 Å². The van der Waals surface area contributed by atoms with Crippen molar-refractivity contribution < 1.29 is 13.6 Å². The number of aryl methyl sites for hydroxylation is 1. The highest BCUT2D eigenvalue weighted by atomic mass is 19.2. The highest BCUT2D eigenvalue weighted by Gasteiger charge is 2.09. The quantitative estimate of drug-likeness (QED) is 0.676. The second-order valence-corrected chi connectivity index (χ2v) is 5.75. The third kappa shape index (κ3) is 4.60. The molecule has 2 heterocycles. The maximum Gasteiger partial charge on any atom is 0.266 e. The molecule has 0 aliphatic rings. The fourth-order valence-corrected chi connectivity index (χ4v) is 2.46. The van der Waals surface area contributed by atoms with Crippen molar-refractivity contribution in [1.29, 1.82) is 0 Å². The summed E-state index contributed by atoms with van der Waals surface area (Å²) in [6.07, 6.45) is 3.72. The first-order chi connectivity index (χ1) is 13.0. The third-order valence-electron chi connectivity index (χ3n) is 3.86. The average Bonchev–Trinajstić information content (AvgIpc) is 2.69. The van der Waals surface area contributed by atoms with Crippen LogP contribution in [0, 0.1) is 11.6 Å². The van der Waals surface area contributed by atoms with Gasteiger partial charge in [-0.25, -0.2) is 13.5 Å². The van der Waals surface area contributed by atoms with Gasteiger partial charge in [0.2, 0.25) is 0 Å². The Balaban J connectivity index is 1.58. The van der Waals surface area contributed by atoms with Crippen molar-refractivity contribution in [3.63, 3.8) is 0 Å². The molecule has 1 N–H and O–H groups in total. The molecule has 0 saturated heterocycles. The van der Waals surface area contributed by atoms with E-state index in [1.54, 1.807) is 30.6 Å². The zero-order valence-corrected chi connectivity index (χ0v) is 14.2. The van der Waals surface area contributed by atoms with Crippen molar-refractivity contribution in [2.75, 3.05) is 6.54 Å². The molecule has 6 nitrogen and oxygen atoms in total. The molecule has 0 fully saturated rings. The van der Waals surface area contributed by atoms with Crippen LogP contribution in [-0.4, -0.2) is 27.2 Å². The molecule has 138 valence electrons. The van der Waals surface area contributed by atoms with E-state index in [1.165, 1.54) is 16.8 Å². The molecular weight excluding hydrogens is 354 g/mol. The normalized spacial score (nSPS) is 10.6. The summed E-state index contributed by atoms with van der Waals surface area (Å²) in [4.78, 5) is 27.8. The lowest BCUT2D eigenvalue weighted by Crippen LogP contribution is -2.28. The summed E-state index contributed by atoms with van der Waals surface area (Å²) in [6.45, 7) is 0.557. The lowest BCUT2D eigenvalue weighted by Gasteiger charge is -2.08. The second kappa shape index (κ2) is 8.31. The van der Waals surface area contributed by atoms with E-state index in [9.17, 15) is 18.4 Å². The van der Waals surface area contributed by atoms with E-state index in [4.69, 9.17) is 0 Å². The van der Waals surface area contributed by atoms with E-state index < -0.39 is 17.5 Å². The van der Waals surface area contributed by atoms with Gasteiger partial charge in [0.05, 0.1) is 5.69 Å². The standard InChI is InChI=1S/C19H16F2N4O2/c20-15-3-2-14(12-16(15)21)19(27)23-8-1-11-25-18(26)5-4-17(24-25)13-6-9-22-10-7-13/h2-7,9-10,12H,1,8,11H2,(H,23,27). The van der Waals surface area contributed by atoms with Crippen molar-refractivity contribution in [3.05, 3.63) is 82.4 Å². The Morgan fingerprint density at radius 1 is 1.04 bits per heavy atom. The number of carbonyl (C=O) groups excluding carboxylic acids is 1. The van der Waals surface area contributed by atoms with Crippen molar-refractivity contribution in [1.82, 2.24) is 20.1 Å². The molecule has 3 rings (SSSR count). The van der Waals surface area contributed by atoms with Gasteiger partial charge in [0.1, 0.15) is 0 Å². The van der Waals surface area contributed by atoms with Gasteiger partial charge in [-0.05, 0) is 42.8 Å². The van der Waals surface area contributed by atoms with Crippen molar-refractivity contribution >= 4 is 5.91 Å². The number of hydrogen-bond donors (Lipinski definition) is 1. The lowest BCUT2D eigenvalue weighted by atomic mass is 10.2. The van der Waals surface area contributed by atoms with Crippen LogP contribution < -0.4 is 10.9 Å². The molecule has 0 aliphatic heterocycles. The Morgan fingerprint density at radius 3 is 2.56 bits per heavy atom. The monoisotopic (exact) mass is 370 g/mol. The smallest absolute Gasteiger partial charge is 0.266 e. The SMILES string of the molecule is O=C(NCCCn1nc(-c2ccncc2)ccc1=O)c1ccc(F)c(F)c1. The third-order valence-corrected chi connectivity index (χ3v) is 3.86. The minimum atomic E-state index is -1.08. The second-order valence-electron chi connectivity index (χ2n) is 5.75. The first kappa shape index (κ1) is 18.4. The summed E-state index contributed by atoms with van der Waals surface area (Å²) in [6, 6.07) is 9.60. The lowest BCUT2D eigenvalue weighted by molar-refractivity contribution is 0.0952. The number of amides is 1. The fourth-order valence-electron chi connectivity index (χ4n) is 2.46. The predicted molar refractivity (Wildman–Crippen MR) is 95.0 cm³/mol. The molecule has 0 unspecified atom stereocenters. The number of halogens is 2. The van der Waals surface area contributed by atoms with Crippen LogP contribution in [0.3, 0.4) is 0 Å². The van der Waals surface area contributed by atoms with Gasteiger partial charge in [0.25, 0.3) is 11.5 Å². The number of aromatic nitrogens is 3. The topological polar surface area (TPSA) is 76.9 Å². The predicted octanol–water partition coefficient (Wildman–Crippen LogP) is 2.40. The Hall–Kier alpha value is -3.42. The van der Waals surface area contributed by atoms with Crippen molar-refractivity contribution in [3.8, 4) is 11.3 Å². The maximum absolute atomic E-state index is 13.2. The van der Waals surface area contributed by atoms with E-state index in [0.717, 1.165) is 17.7 Å². The number of hydrogen-bond acceptors (Lipinski definition) is 4. The van der Waals surface area contributed by atoms with Gasteiger partial charge in [-0.2, -0.15) is 5.10 Å². The summed E-state index contributed by atoms with van der Waals surface area (Å²) >= 11 is 0. The molecule has 3 aromatic rings. The minimum absolute atomic E-state index is 0.0314. The van der Waals surface area contributed by atoms with Crippen LogP contribution in [0.5, 0.6) is 0 Å². The molecule has 2 aromatic heterocycles. The molecule has 1 amide bonds. The summed E-state index contributed by atoms with van der Waals surface area (Å²) < 4.78 is 27.4. The van der Waals surface area contributed by atoms with Crippen LogP contribution in [0.1, 0.15) is 16.8 Å². The molecular formula is C19H16F2N4O2. The molecule has 0 bridgehead atoms. The zero-order valence-electron chi connectivity index (χ0n) is 14.2. The Labute approximate surface area is 153 Å². The van der Waals surface area contributed by atoms with Gasteiger partial charge in [0.15, 0.2) is 11.6 Å². The number of carbonyl (C=O) groups is 1. The first-order valence-electron chi connectivity index (χ1n) is 8.26. The molecule has 0 saturated carbocycles. The molecule has 27 heavy (non-hydrogen) atoms. The molecule has 0 radical (unpaired) electrons. The van der Waals surface area contributed by atoms with Crippen LogP contribution in [0.25, 0.3) is 11.3 Å². The van der Waals surface area contributed by atoms with Crippen LogP contribution in [0.4, 0.5) is 8.78 Å². The fraction of sp³-hybridized carbons (Fsp3) is 0.158. The number of pyridine rings is 1. The van der Waals surface area contributed by atoms with E-state index in [0.29, 0.717) is 18.7 Å². The summed E-state index contributed by atoms with van der Waals surface area (Å²) in [5.41, 5.74) is 1.26. The van der Waals surface area contributed by atoms with E-state index in [1.807, 2.05) is 0 Å². The van der Waals surface area contributed by atoms with Crippen molar-refractivity contribution in [2.45, 2.75) is 13.0 Å². The Bertz CT molecular complexity index is 1010. The van der Waals surface area contributed by atoms with Crippen LogP contribution in [0.15, 0.2) is 59.7 Å². The van der Waals surface area contributed by atoms with Crippen LogP contribution in [-0.2, 0) is 6.54 Å². The van der Waals surface area contributed by atoms with Crippen LogP contribution in [0.2, 0.25) is 0 Å². The van der Waals surface area contributed by atoms with E-state index in [2.05, 4.69) is 15.4 Å². The van der Waals surface area contributed by atoms with Gasteiger partial charge < -0.3 is 5.32 Å². The van der Waals surface area contributed by atoms with Gasteiger partial charge in [-0.15, -0.1) is 0 Å². The van der Waals surface area contributed by atoms with Gasteiger partial charge in [-0.3, -0.25) is 14.6 Å². The molecule has 8 heteroatoms. The summed E-state index contributed by atoms with van der Waals surface area (Å²) in [5.74, 6) is -2.60. The van der Waals surface area contributed by atoms with Gasteiger partial charge in [0, 0.05) is 42.7 Å². The average molecular weight is 370 g/mol. The first-order valence-corrected chi connectivity index (χ1v) is 8.26. The zero-order chi connectivity index (χ0) is 19.2. The molecule has 0 atom stereocenters. The van der Waals surface area contributed by atoms with Crippen LogP contribution >= 0.6 is 0 Å². The number of rotatable bonds is 6. The number of nitrogens with zero attached hydrogens (tertiary/aromatic N) is 3. The minimum Gasteiger partial charge on any atom is -0.352 e. The summed E-state index contributed by atoms with van der Waals surface area (Å²) in [5, 5.41) is 6.91. The Morgan fingerprint density at radius 2 is 1.81 bits per heavy atom. The number of benzene rings is 1. The number of nitrogens with one attached hydrogen (secondary N) is 1. The van der Waals surface area contributed by atoms with Gasteiger partial charge in [-0.1, -0.05) is 0 Å². The Kier molecular flexibility index (Phi) is 5.65. The largest absolute Gasteiger partial charge is 0.352 e. The summed E-state index contributed by atoms with van der Waals surface area (Å²) in [7, 11) is 0. The highest BCUT2D eigenvalue weighted by Crippen LogP contribution is 2.13. The maximum atomic E-state index is 13.2. The highest BCUT2D eigenvalue weighted by molar-refractivity contribution is 5.94. The molecule has 1 aromatic carbocycles. The van der Waals surface area contributed by atoms with Gasteiger partial charge >= 0.3 is 0 Å². The molecule has 0 spiro atoms. The van der Waals surface area contributed by atoms with Crippen molar-refractivity contribution in [2.24, 2.45) is 0 Å².